The number of rotatable bonds is 3. The van der Waals surface area contributed by atoms with Crippen LogP contribution in [0.25, 0.3) is 0 Å². The van der Waals surface area contributed by atoms with Gasteiger partial charge in [0.05, 0.1) is 0 Å². The monoisotopic (exact) mass is 281 g/mol. The Hall–Kier alpha value is -0.830. The highest BCUT2D eigenvalue weighted by Crippen LogP contribution is 2.20. The third kappa shape index (κ3) is 2.64. The van der Waals surface area contributed by atoms with Crippen molar-refractivity contribution in [2.24, 2.45) is 0 Å². The maximum Gasteiger partial charge on any atom is 0.222 e. The van der Waals surface area contributed by atoms with Crippen molar-refractivity contribution in [1.82, 2.24) is 4.90 Å². The Morgan fingerprint density at radius 2 is 2.19 bits per heavy atom. The first-order valence-electron chi connectivity index (χ1n) is 5.69. The zero-order valence-corrected chi connectivity index (χ0v) is 11.1. The van der Waals surface area contributed by atoms with Gasteiger partial charge in [0, 0.05) is 24.0 Å². The molecule has 2 nitrogen and oxygen atoms in total. The number of halogens is 1. The predicted octanol–water partition coefficient (Wildman–Crippen LogP) is 2.92. The Morgan fingerprint density at radius 1 is 1.44 bits per heavy atom. The second-order valence-electron chi connectivity index (χ2n) is 4.33. The van der Waals surface area contributed by atoms with Crippen LogP contribution >= 0.6 is 15.9 Å². The SMILES string of the molecule is Cc1ccc(CCC(=O)N2CCC2)c(Br)c1. The van der Waals surface area contributed by atoms with Crippen LogP contribution in [-0.4, -0.2) is 23.9 Å². The fourth-order valence-electron chi connectivity index (χ4n) is 1.82. The number of nitrogens with zero attached hydrogens (tertiary/aromatic N) is 1. The van der Waals surface area contributed by atoms with Crippen molar-refractivity contribution in [2.45, 2.75) is 26.2 Å². The summed E-state index contributed by atoms with van der Waals surface area (Å²) >= 11 is 3.54. The number of likely N-dealkylation sites (tertiary alicyclic amines) is 1. The Kier molecular flexibility index (Phi) is 3.64. The molecule has 0 aromatic heterocycles. The molecular formula is C13H16BrNO. The van der Waals surface area contributed by atoms with Gasteiger partial charge in [0.1, 0.15) is 0 Å². The molecule has 1 amide bonds. The van der Waals surface area contributed by atoms with E-state index in [0.717, 1.165) is 24.0 Å². The molecule has 0 saturated carbocycles. The van der Waals surface area contributed by atoms with Gasteiger partial charge in [-0.2, -0.15) is 0 Å². The summed E-state index contributed by atoms with van der Waals surface area (Å²) in [5.74, 6) is 0.290. The smallest absolute Gasteiger partial charge is 0.222 e. The van der Waals surface area contributed by atoms with Crippen molar-refractivity contribution in [3.05, 3.63) is 33.8 Å². The Balaban J connectivity index is 1.91. The molecule has 0 aliphatic carbocycles. The number of carbonyl (C=O) groups excluding carboxylic acids is 1. The van der Waals surface area contributed by atoms with Gasteiger partial charge in [-0.3, -0.25) is 4.79 Å². The van der Waals surface area contributed by atoms with Crippen LogP contribution in [0.3, 0.4) is 0 Å². The van der Waals surface area contributed by atoms with Gasteiger partial charge in [0.2, 0.25) is 5.91 Å². The third-order valence-electron chi connectivity index (χ3n) is 3.03. The van der Waals surface area contributed by atoms with E-state index in [0.29, 0.717) is 12.3 Å². The average Bonchev–Trinajstić information content (AvgIpc) is 2.13. The number of hydrogen-bond acceptors (Lipinski definition) is 1. The molecule has 86 valence electrons. The van der Waals surface area contributed by atoms with E-state index in [1.54, 1.807) is 0 Å². The minimum atomic E-state index is 0.290. The largest absolute Gasteiger partial charge is 0.343 e. The lowest BCUT2D eigenvalue weighted by atomic mass is 10.1. The number of aryl methyl sites for hydroxylation is 2. The van der Waals surface area contributed by atoms with Crippen molar-refractivity contribution in [3.8, 4) is 0 Å². The molecule has 0 spiro atoms. The molecule has 1 heterocycles. The van der Waals surface area contributed by atoms with E-state index < -0.39 is 0 Å². The van der Waals surface area contributed by atoms with E-state index in [9.17, 15) is 4.79 Å². The molecule has 1 aromatic carbocycles. The van der Waals surface area contributed by atoms with E-state index in [1.165, 1.54) is 17.5 Å². The van der Waals surface area contributed by atoms with Crippen LogP contribution in [0.5, 0.6) is 0 Å². The zero-order chi connectivity index (χ0) is 11.5. The quantitative estimate of drug-likeness (QED) is 0.834. The summed E-state index contributed by atoms with van der Waals surface area (Å²) in [5.41, 5.74) is 2.46. The topological polar surface area (TPSA) is 20.3 Å². The first kappa shape index (κ1) is 11.6. The molecule has 0 atom stereocenters. The number of amides is 1. The second-order valence-corrected chi connectivity index (χ2v) is 5.18. The molecule has 1 saturated heterocycles. The normalized spacial score (nSPS) is 14.8. The first-order chi connectivity index (χ1) is 7.66. The Bertz CT molecular complexity index is 399. The van der Waals surface area contributed by atoms with E-state index in [1.807, 2.05) is 4.90 Å². The molecule has 1 fully saturated rings. The summed E-state index contributed by atoms with van der Waals surface area (Å²) < 4.78 is 1.11. The van der Waals surface area contributed by atoms with Crippen molar-refractivity contribution in [2.75, 3.05) is 13.1 Å². The summed E-state index contributed by atoms with van der Waals surface area (Å²) in [6, 6.07) is 6.29. The molecule has 0 unspecified atom stereocenters. The highest BCUT2D eigenvalue weighted by Gasteiger charge is 2.19. The maximum atomic E-state index is 11.7. The van der Waals surface area contributed by atoms with Crippen molar-refractivity contribution < 1.29 is 4.79 Å². The maximum absolute atomic E-state index is 11.7. The van der Waals surface area contributed by atoms with Gasteiger partial charge in [0.15, 0.2) is 0 Å². The lowest BCUT2D eigenvalue weighted by molar-refractivity contribution is -0.134. The molecule has 0 bridgehead atoms. The minimum Gasteiger partial charge on any atom is -0.343 e. The molecule has 1 aliphatic rings. The number of benzene rings is 1. The molecule has 1 aromatic rings. The molecular weight excluding hydrogens is 266 g/mol. The zero-order valence-electron chi connectivity index (χ0n) is 9.50. The van der Waals surface area contributed by atoms with Crippen LogP contribution in [0.15, 0.2) is 22.7 Å². The van der Waals surface area contributed by atoms with E-state index in [-0.39, 0.29) is 0 Å². The van der Waals surface area contributed by atoms with Gasteiger partial charge < -0.3 is 4.90 Å². The molecule has 3 heteroatoms. The summed E-state index contributed by atoms with van der Waals surface area (Å²) in [6.45, 7) is 3.97. The van der Waals surface area contributed by atoms with Crippen molar-refractivity contribution in [3.63, 3.8) is 0 Å². The minimum absolute atomic E-state index is 0.290. The average molecular weight is 282 g/mol. The Morgan fingerprint density at radius 3 is 2.75 bits per heavy atom. The fraction of sp³-hybridized carbons (Fsp3) is 0.462. The van der Waals surface area contributed by atoms with Gasteiger partial charge >= 0.3 is 0 Å². The van der Waals surface area contributed by atoms with E-state index in [2.05, 4.69) is 41.1 Å². The summed E-state index contributed by atoms with van der Waals surface area (Å²) in [6.07, 6.45) is 2.62. The van der Waals surface area contributed by atoms with E-state index >= 15 is 0 Å². The van der Waals surface area contributed by atoms with Crippen molar-refractivity contribution >= 4 is 21.8 Å². The highest BCUT2D eigenvalue weighted by atomic mass is 79.9. The van der Waals surface area contributed by atoms with Crippen LogP contribution in [0, 0.1) is 6.92 Å². The van der Waals surface area contributed by atoms with Crippen LogP contribution < -0.4 is 0 Å². The summed E-state index contributed by atoms with van der Waals surface area (Å²) in [5, 5.41) is 0. The molecule has 0 N–H and O–H groups in total. The lowest BCUT2D eigenvalue weighted by Crippen LogP contribution is -2.42. The van der Waals surface area contributed by atoms with Crippen LogP contribution in [0.4, 0.5) is 0 Å². The lowest BCUT2D eigenvalue weighted by Gasteiger charge is -2.31. The van der Waals surface area contributed by atoms with Gasteiger partial charge in [-0.1, -0.05) is 28.1 Å². The molecule has 16 heavy (non-hydrogen) atoms. The molecule has 2 rings (SSSR count). The fourth-order valence-corrected chi connectivity index (χ4v) is 2.51. The second kappa shape index (κ2) is 5.00. The van der Waals surface area contributed by atoms with Crippen molar-refractivity contribution in [1.29, 1.82) is 0 Å². The van der Waals surface area contributed by atoms with Crippen LogP contribution in [0.2, 0.25) is 0 Å². The van der Waals surface area contributed by atoms with E-state index in [4.69, 9.17) is 0 Å². The van der Waals surface area contributed by atoms with Gasteiger partial charge in [-0.15, -0.1) is 0 Å². The predicted molar refractivity (Wildman–Crippen MR) is 68.4 cm³/mol. The standard InChI is InChI=1S/C13H16BrNO/c1-10-3-4-11(12(14)9-10)5-6-13(16)15-7-2-8-15/h3-4,9H,2,5-8H2,1H3. The first-order valence-corrected chi connectivity index (χ1v) is 6.49. The van der Waals surface area contributed by atoms with Gasteiger partial charge in [-0.25, -0.2) is 0 Å². The summed E-state index contributed by atoms with van der Waals surface area (Å²) in [4.78, 5) is 13.6. The van der Waals surface area contributed by atoms with Gasteiger partial charge in [-0.05, 0) is 37.0 Å². The summed E-state index contributed by atoms with van der Waals surface area (Å²) in [7, 11) is 0. The number of carbonyl (C=O) groups is 1. The van der Waals surface area contributed by atoms with Crippen LogP contribution in [-0.2, 0) is 11.2 Å². The molecule has 0 radical (unpaired) electrons. The Labute approximate surface area is 105 Å². The highest BCUT2D eigenvalue weighted by molar-refractivity contribution is 9.10. The molecule has 1 aliphatic heterocycles. The third-order valence-corrected chi connectivity index (χ3v) is 3.76. The van der Waals surface area contributed by atoms with Gasteiger partial charge in [0.25, 0.3) is 0 Å². The van der Waals surface area contributed by atoms with Crippen LogP contribution in [0.1, 0.15) is 24.0 Å². The number of hydrogen-bond donors (Lipinski definition) is 0.